The van der Waals surface area contributed by atoms with Gasteiger partial charge in [-0.25, -0.2) is 4.39 Å². The van der Waals surface area contributed by atoms with Crippen LogP contribution in [-0.4, -0.2) is 34.3 Å². The van der Waals surface area contributed by atoms with Crippen LogP contribution in [0.4, 0.5) is 8.78 Å². The molecule has 0 aliphatic carbocycles. The van der Waals surface area contributed by atoms with Crippen LogP contribution in [0.2, 0.25) is 0 Å². The van der Waals surface area contributed by atoms with Gasteiger partial charge in [-0.05, 0) is 55.5 Å². The van der Waals surface area contributed by atoms with Gasteiger partial charge in [-0.15, -0.1) is 0 Å². The number of nitrogens with zero attached hydrogens (tertiary/aromatic N) is 2. The van der Waals surface area contributed by atoms with E-state index in [2.05, 4.69) is 10.4 Å². The number of halogens is 2. The van der Waals surface area contributed by atoms with Crippen LogP contribution in [0.3, 0.4) is 0 Å². The molecule has 0 aliphatic heterocycles. The van der Waals surface area contributed by atoms with Gasteiger partial charge in [0.15, 0.2) is 5.69 Å². The SMILES string of the molecule is CC(C)C(NC(=O)c1cc(-c2ccc(F)cc2)n(CCCCCF)n1)C(N)=O. The Labute approximate surface area is 163 Å². The molecule has 0 bridgehead atoms. The summed E-state index contributed by atoms with van der Waals surface area (Å²) in [7, 11) is 0. The predicted octanol–water partition coefficient (Wildman–Crippen LogP) is 3.07. The molecule has 28 heavy (non-hydrogen) atoms. The number of aryl methyl sites for hydroxylation is 1. The number of nitrogens with one attached hydrogen (secondary N) is 1. The topological polar surface area (TPSA) is 90.0 Å². The van der Waals surface area contributed by atoms with E-state index in [1.807, 2.05) is 0 Å². The van der Waals surface area contributed by atoms with Gasteiger partial charge >= 0.3 is 0 Å². The number of primary amides is 1. The third-order valence-corrected chi connectivity index (χ3v) is 4.42. The lowest BCUT2D eigenvalue weighted by atomic mass is 10.0. The maximum Gasteiger partial charge on any atom is 0.272 e. The maximum atomic E-state index is 13.3. The minimum absolute atomic E-state index is 0.136. The molecule has 2 aromatic rings. The van der Waals surface area contributed by atoms with Gasteiger partial charge < -0.3 is 11.1 Å². The second-order valence-corrected chi connectivity index (χ2v) is 6.99. The molecule has 2 amide bonds. The van der Waals surface area contributed by atoms with E-state index < -0.39 is 17.9 Å². The Hall–Kier alpha value is -2.77. The van der Waals surface area contributed by atoms with Crippen molar-refractivity contribution in [3.63, 3.8) is 0 Å². The van der Waals surface area contributed by atoms with Crippen molar-refractivity contribution in [3.05, 3.63) is 41.8 Å². The number of hydrogen-bond acceptors (Lipinski definition) is 3. The number of unbranched alkanes of at least 4 members (excludes halogenated alkanes) is 2. The normalized spacial score (nSPS) is 12.2. The molecule has 8 heteroatoms. The van der Waals surface area contributed by atoms with E-state index in [1.54, 1.807) is 36.7 Å². The van der Waals surface area contributed by atoms with Gasteiger partial charge in [0.1, 0.15) is 11.9 Å². The van der Waals surface area contributed by atoms with Gasteiger partial charge in [0.25, 0.3) is 5.91 Å². The number of aromatic nitrogens is 2. The maximum absolute atomic E-state index is 13.3. The fraction of sp³-hybridized carbons (Fsp3) is 0.450. The van der Waals surface area contributed by atoms with E-state index >= 15 is 0 Å². The molecule has 3 N–H and O–H groups in total. The van der Waals surface area contributed by atoms with Gasteiger partial charge in [-0.3, -0.25) is 18.7 Å². The second-order valence-electron chi connectivity index (χ2n) is 6.99. The van der Waals surface area contributed by atoms with E-state index in [0.29, 0.717) is 37.1 Å². The van der Waals surface area contributed by atoms with Crippen molar-refractivity contribution >= 4 is 11.8 Å². The summed E-state index contributed by atoms with van der Waals surface area (Å²) >= 11 is 0. The summed E-state index contributed by atoms with van der Waals surface area (Å²) in [6.07, 6.45) is 1.85. The van der Waals surface area contributed by atoms with Crippen molar-refractivity contribution in [2.45, 2.75) is 45.7 Å². The lowest BCUT2D eigenvalue weighted by Crippen LogP contribution is -2.47. The van der Waals surface area contributed by atoms with Crippen molar-refractivity contribution < 1.29 is 18.4 Å². The molecule has 152 valence electrons. The van der Waals surface area contributed by atoms with Gasteiger partial charge in [0.05, 0.1) is 12.4 Å². The zero-order valence-electron chi connectivity index (χ0n) is 16.1. The molecule has 1 aromatic heterocycles. The lowest BCUT2D eigenvalue weighted by Gasteiger charge is -2.18. The van der Waals surface area contributed by atoms with E-state index in [-0.39, 0.29) is 24.1 Å². The molecule has 0 saturated heterocycles. The van der Waals surface area contributed by atoms with Crippen LogP contribution in [0, 0.1) is 11.7 Å². The number of nitrogens with two attached hydrogens (primary N) is 1. The zero-order chi connectivity index (χ0) is 20.7. The number of benzene rings is 1. The molecule has 1 heterocycles. The number of rotatable bonds is 10. The summed E-state index contributed by atoms with van der Waals surface area (Å²) in [5.41, 5.74) is 6.84. The number of carbonyl (C=O) groups excluding carboxylic acids is 2. The van der Waals surface area contributed by atoms with Gasteiger partial charge in [-0.1, -0.05) is 13.8 Å². The third-order valence-electron chi connectivity index (χ3n) is 4.42. The molecule has 1 unspecified atom stereocenters. The largest absolute Gasteiger partial charge is 0.368 e. The van der Waals surface area contributed by atoms with Crippen LogP contribution in [0.15, 0.2) is 30.3 Å². The monoisotopic (exact) mass is 392 g/mol. The molecule has 0 spiro atoms. The molecule has 6 nitrogen and oxygen atoms in total. The first kappa shape index (κ1) is 21.5. The highest BCUT2D eigenvalue weighted by Gasteiger charge is 2.24. The molecule has 0 fully saturated rings. The number of amides is 2. The number of hydrogen-bond donors (Lipinski definition) is 2. The van der Waals surface area contributed by atoms with Crippen LogP contribution in [0.5, 0.6) is 0 Å². The van der Waals surface area contributed by atoms with E-state index in [0.717, 1.165) is 0 Å². The smallest absolute Gasteiger partial charge is 0.272 e. The van der Waals surface area contributed by atoms with Crippen molar-refractivity contribution in [1.29, 1.82) is 0 Å². The quantitative estimate of drug-likeness (QED) is 0.609. The van der Waals surface area contributed by atoms with Gasteiger partial charge in [0.2, 0.25) is 5.91 Å². The van der Waals surface area contributed by atoms with Crippen LogP contribution in [0.1, 0.15) is 43.6 Å². The molecule has 2 rings (SSSR count). The first-order valence-corrected chi connectivity index (χ1v) is 9.33. The van der Waals surface area contributed by atoms with E-state index in [4.69, 9.17) is 5.73 Å². The summed E-state index contributed by atoms with van der Waals surface area (Å²) < 4.78 is 27.2. The van der Waals surface area contributed by atoms with Gasteiger partial charge in [-0.2, -0.15) is 5.10 Å². The number of carbonyl (C=O) groups is 2. The highest BCUT2D eigenvalue weighted by atomic mass is 19.1. The minimum Gasteiger partial charge on any atom is -0.368 e. The molecule has 0 aliphatic rings. The lowest BCUT2D eigenvalue weighted by molar-refractivity contribution is -0.120. The Morgan fingerprint density at radius 3 is 2.43 bits per heavy atom. The van der Waals surface area contributed by atoms with Gasteiger partial charge in [0, 0.05) is 12.1 Å². The zero-order valence-corrected chi connectivity index (χ0v) is 16.1. The third kappa shape index (κ3) is 5.61. The predicted molar refractivity (Wildman–Crippen MR) is 103 cm³/mol. The molecule has 1 atom stereocenters. The standard InChI is InChI=1S/C20H26F2N4O2/c1-13(2)18(19(23)27)24-20(28)16-12-17(14-6-8-15(22)9-7-14)26(25-16)11-5-3-4-10-21/h6-9,12-13,18H,3-5,10-11H2,1-2H3,(H2,23,27)(H,24,28). The summed E-state index contributed by atoms with van der Waals surface area (Å²) in [5.74, 6) is -1.66. The Bertz CT molecular complexity index is 803. The van der Waals surface area contributed by atoms with Crippen LogP contribution in [0.25, 0.3) is 11.3 Å². The molecular weight excluding hydrogens is 366 g/mol. The molecule has 1 aromatic carbocycles. The minimum atomic E-state index is -0.809. The Balaban J connectivity index is 2.28. The van der Waals surface area contributed by atoms with Crippen molar-refractivity contribution in [1.82, 2.24) is 15.1 Å². The Kier molecular flexibility index (Phi) is 7.66. The number of alkyl halides is 1. The molecule has 0 radical (unpaired) electrons. The summed E-state index contributed by atoms with van der Waals surface area (Å²) in [5, 5.41) is 6.95. The van der Waals surface area contributed by atoms with Crippen molar-refractivity contribution in [2.75, 3.05) is 6.67 Å². The average Bonchev–Trinajstić information content (AvgIpc) is 3.07. The van der Waals surface area contributed by atoms with Crippen LogP contribution in [-0.2, 0) is 11.3 Å². The Morgan fingerprint density at radius 2 is 1.86 bits per heavy atom. The van der Waals surface area contributed by atoms with Crippen molar-refractivity contribution in [2.24, 2.45) is 11.7 Å². The fourth-order valence-corrected chi connectivity index (χ4v) is 2.87. The van der Waals surface area contributed by atoms with Crippen molar-refractivity contribution in [3.8, 4) is 11.3 Å². The summed E-state index contributed by atoms with van der Waals surface area (Å²) in [6.45, 7) is 3.68. The second kappa shape index (κ2) is 9.96. The molecule has 0 saturated carbocycles. The van der Waals surface area contributed by atoms with E-state index in [9.17, 15) is 18.4 Å². The highest BCUT2D eigenvalue weighted by molar-refractivity contribution is 5.96. The fourth-order valence-electron chi connectivity index (χ4n) is 2.87. The van der Waals surface area contributed by atoms with E-state index in [1.165, 1.54) is 12.1 Å². The first-order chi connectivity index (χ1) is 13.3. The summed E-state index contributed by atoms with van der Waals surface area (Å²) in [4.78, 5) is 24.1. The van der Waals surface area contributed by atoms with Crippen LogP contribution < -0.4 is 11.1 Å². The van der Waals surface area contributed by atoms with Crippen LogP contribution >= 0.6 is 0 Å². The Morgan fingerprint density at radius 1 is 1.18 bits per heavy atom. The average molecular weight is 392 g/mol. The highest BCUT2D eigenvalue weighted by Crippen LogP contribution is 2.22. The summed E-state index contributed by atoms with van der Waals surface area (Å²) in [6, 6.07) is 6.65. The first-order valence-electron chi connectivity index (χ1n) is 9.33. The molecular formula is C20H26F2N4O2.